The summed E-state index contributed by atoms with van der Waals surface area (Å²) in [5.74, 6) is -4.38. The number of aryl methyl sites for hydroxylation is 1. The summed E-state index contributed by atoms with van der Waals surface area (Å²) in [7, 11) is 5.84. The zero-order valence-corrected chi connectivity index (χ0v) is 33.8. The second-order valence-corrected chi connectivity index (χ2v) is 16.0. The Hall–Kier alpha value is -6.00. The minimum Gasteiger partial charge on any atom is -0.339 e. The summed E-state index contributed by atoms with van der Waals surface area (Å²) in [6.45, 7) is 4.88. The molecule has 2 fully saturated rings. The van der Waals surface area contributed by atoms with E-state index in [1.165, 1.54) is 77.2 Å². The molecule has 17 heteroatoms. The molecule has 0 radical (unpaired) electrons. The van der Waals surface area contributed by atoms with Crippen molar-refractivity contribution >= 4 is 46.6 Å². The van der Waals surface area contributed by atoms with E-state index in [0.717, 1.165) is 30.4 Å². The number of anilines is 2. The van der Waals surface area contributed by atoms with E-state index in [4.69, 9.17) is 11.6 Å². The van der Waals surface area contributed by atoms with Crippen LogP contribution in [0.15, 0.2) is 67.0 Å². The number of amides is 4. The molecule has 0 bridgehead atoms. The molecule has 0 unspecified atom stereocenters. The summed E-state index contributed by atoms with van der Waals surface area (Å²) < 4.78 is 48.9. The Kier molecular flexibility index (Phi) is 11.7. The largest absolute Gasteiger partial charge is 0.339 e. The van der Waals surface area contributed by atoms with Gasteiger partial charge >= 0.3 is 0 Å². The molecule has 4 heterocycles. The number of nitrogens with one attached hydrogen (secondary N) is 2. The maximum Gasteiger partial charge on any atom is 0.291 e. The van der Waals surface area contributed by atoms with Crippen LogP contribution in [0.25, 0.3) is 22.4 Å². The smallest absolute Gasteiger partial charge is 0.291 e. The van der Waals surface area contributed by atoms with E-state index >= 15 is 8.78 Å². The highest BCUT2D eigenvalue weighted by atomic mass is 35.5. The van der Waals surface area contributed by atoms with Crippen LogP contribution in [0.4, 0.5) is 24.5 Å². The molecule has 2 saturated heterocycles. The molecular formula is C42H44ClF3N9O4+. The van der Waals surface area contributed by atoms with Gasteiger partial charge < -0.3 is 29.5 Å². The number of nitrogens with zero attached hydrogens (tertiary/aromatic N) is 7. The van der Waals surface area contributed by atoms with E-state index in [-0.39, 0.29) is 74.4 Å². The molecule has 2 aliphatic heterocycles. The van der Waals surface area contributed by atoms with Crippen LogP contribution in [0.5, 0.6) is 0 Å². The average Bonchev–Trinajstić information content (AvgIpc) is 3.77. The monoisotopic (exact) mass is 830 g/mol. The fourth-order valence-electron chi connectivity index (χ4n) is 7.61. The number of rotatable bonds is 9. The van der Waals surface area contributed by atoms with Gasteiger partial charge in [-0.05, 0) is 43.3 Å². The fraction of sp³-hybridized carbons (Fsp3) is 0.333. The quantitative estimate of drug-likeness (QED) is 0.176. The van der Waals surface area contributed by atoms with Crippen LogP contribution in [0.2, 0.25) is 5.02 Å². The van der Waals surface area contributed by atoms with Gasteiger partial charge in [0.25, 0.3) is 11.8 Å². The molecule has 59 heavy (non-hydrogen) atoms. The average molecular weight is 831 g/mol. The Bertz CT molecular complexity index is 2450. The number of aromatic nitrogens is 4. The zero-order valence-electron chi connectivity index (χ0n) is 33.1. The standard InChI is InChI=1S/C42H43ClF3N9O4/c1-25-31(23-54(50-25)24-36(56)49-34-8-6-5-7-33(34)44)28-11-12-30(38(46)37(28)45)35-22-47-39(51(35)2)40(57)48-27-9-10-29(32(43)21-27)42(59)53-17-15-52(16-18-53)41(58)26-13-19-55(3,4)20-14-26/h5-12,21-23,26H,13-20,24H2,1-4H3,(H-,48,49,56,57,59)/p+1. The molecule has 7 rings (SSSR count). The molecule has 5 aromatic rings. The first-order valence-corrected chi connectivity index (χ1v) is 19.6. The fourth-order valence-corrected chi connectivity index (χ4v) is 7.88. The highest BCUT2D eigenvalue weighted by Gasteiger charge is 2.35. The van der Waals surface area contributed by atoms with Crippen LogP contribution in [0.1, 0.15) is 39.5 Å². The Morgan fingerprint density at radius 2 is 1.53 bits per heavy atom. The first-order valence-electron chi connectivity index (χ1n) is 19.2. The van der Waals surface area contributed by atoms with Gasteiger partial charge in [-0.3, -0.25) is 23.9 Å². The number of para-hydroxylation sites is 1. The molecule has 2 N–H and O–H groups in total. The normalized spacial score (nSPS) is 15.6. The lowest BCUT2D eigenvalue weighted by molar-refractivity contribution is -0.895. The molecule has 0 saturated carbocycles. The molecule has 308 valence electrons. The van der Waals surface area contributed by atoms with Gasteiger partial charge in [0.2, 0.25) is 11.8 Å². The van der Waals surface area contributed by atoms with Gasteiger partial charge in [-0.1, -0.05) is 29.8 Å². The number of hydrogen-bond donors (Lipinski definition) is 2. The van der Waals surface area contributed by atoms with Crippen LogP contribution in [0.3, 0.4) is 0 Å². The number of carbonyl (C=O) groups is 4. The van der Waals surface area contributed by atoms with E-state index in [1.807, 2.05) is 4.90 Å². The Balaban J connectivity index is 0.975. The van der Waals surface area contributed by atoms with Crippen molar-refractivity contribution in [3.63, 3.8) is 0 Å². The Morgan fingerprint density at radius 3 is 2.22 bits per heavy atom. The van der Waals surface area contributed by atoms with Crippen molar-refractivity contribution in [2.45, 2.75) is 26.3 Å². The van der Waals surface area contributed by atoms with Gasteiger partial charge in [-0.2, -0.15) is 5.10 Å². The number of quaternary nitrogens is 1. The predicted octanol–water partition coefficient (Wildman–Crippen LogP) is 5.99. The van der Waals surface area contributed by atoms with Crippen molar-refractivity contribution in [3.8, 4) is 22.4 Å². The van der Waals surface area contributed by atoms with Crippen LogP contribution in [0, 0.1) is 30.3 Å². The van der Waals surface area contributed by atoms with Crippen molar-refractivity contribution in [3.05, 3.63) is 107 Å². The molecule has 2 aromatic heterocycles. The molecule has 0 aliphatic carbocycles. The van der Waals surface area contributed by atoms with Crippen molar-refractivity contribution in [2.24, 2.45) is 13.0 Å². The summed E-state index contributed by atoms with van der Waals surface area (Å²) in [6.07, 6.45) is 4.37. The van der Waals surface area contributed by atoms with Crippen molar-refractivity contribution in [1.82, 2.24) is 29.1 Å². The van der Waals surface area contributed by atoms with Gasteiger partial charge in [-0.15, -0.1) is 0 Å². The predicted molar refractivity (Wildman–Crippen MR) is 216 cm³/mol. The summed E-state index contributed by atoms with van der Waals surface area (Å²) in [5, 5.41) is 9.54. The Morgan fingerprint density at radius 1 is 0.864 bits per heavy atom. The number of piperidine rings is 1. The minimum absolute atomic E-state index is 0.00230. The van der Waals surface area contributed by atoms with Crippen molar-refractivity contribution in [2.75, 3.05) is 64.0 Å². The number of piperazine rings is 1. The first-order chi connectivity index (χ1) is 28.1. The number of hydrogen-bond acceptors (Lipinski definition) is 6. The second-order valence-electron chi connectivity index (χ2n) is 15.6. The lowest BCUT2D eigenvalue weighted by Crippen LogP contribution is -2.54. The number of imidazole rings is 1. The molecule has 2 aliphatic rings. The molecule has 4 amide bonds. The van der Waals surface area contributed by atoms with Crippen molar-refractivity contribution in [1.29, 1.82) is 0 Å². The maximum absolute atomic E-state index is 15.7. The van der Waals surface area contributed by atoms with Gasteiger partial charge in [0, 0.05) is 80.6 Å². The third-order valence-corrected chi connectivity index (χ3v) is 11.4. The topological polar surface area (TPSA) is 134 Å². The number of halogens is 4. The van der Waals surface area contributed by atoms with E-state index < -0.39 is 29.3 Å². The number of carbonyl (C=O) groups excluding carboxylic acids is 4. The summed E-state index contributed by atoms with van der Waals surface area (Å²) in [4.78, 5) is 60.2. The van der Waals surface area contributed by atoms with Gasteiger partial charge in [0.1, 0.15) is 12.4 Å². The Labute approximate surface area is 343 Å². The van der Waals surface area contributed by atoms with E-state index in [2.05, 4.69) is 34.8 Å². The summed E-state index contributed by atoms with van der Waals surface area (Å²) >= 11 is 6.55. The lowest BCUT2D eigenvalue weighted by atomic mass is 9.94. The van der Waals surface area contributed by atoms with Crippen LogP contribution < -0.4 is 10.6 Å². The van der Waals surface area contributed by atoms with Gasteiger partial charge in [0.15, 0.2) is 17.5 Å². The van der Waals surface area contributed by atoms with E-state index in [9.17, 15) is 23.6 Å². The first kappa shape index (κ1) is 41.2. The van der Waals surface area contributed by atoms with Crippen molar-refractivity contribution < 1.29 is 36.8 Å². The third kappa shape index (κ3) is 8.73. The minimum atomic E-state index is -1.19. The molecule has 13 nitrogen and oxygen atoms in total. The zero-order chi connectivity index (χ0) is 42.2. The molecule has 0 spiro atoms. The third-order valence-electron chi connectivity index (χ3n) is 11.1. The molecule has 3 aromatic carbocycles. The molecule has 0 atom stereocenters. The van der Waals surface area contributed by atoms with Gasteiger partial charge in [-0.25, -0.2) is 18.2 Å². The number of benzene rings is 3. The maximum atomic E-state index is 15.7. The molecular weight excluding hydrogens is 787 g/mol. The van der Waals surface area contributed by atoms with E-state index in [0.29, 0.717) is 31.9 Å². The van der Waals surface area contributed by atoms with Crippen LogP contribution in [-0.4, -0.2) is 111 Å². The lowest BCUT2D eigenvalue weighted by Gasteiger charge is -2.40. The SMILES string of the molecule is Cc1nn(CC(=O)Nc2ccccc2F)cc1-c1ccc(-c2cnc(C(=O)Nc3ccc(C(=O)N4CCN(C(=O)C5CC[N+](C)(C)CC5)CC4)c(Cl)c3)n2C)c(F)c1F. The second kappa shape index (κ2) is 16.7. The van der Waals surface area contributed by atoms with Crippen LogP contribution >= 0.6 is 11.6 Å². The van der Waals surface area contributed by atoms with E-state index in [1.54, 1.807) is 17.9 Å². The highest BCUT2D eigenvalue weighted by Crippen LogP contribution is 2.33. The number of likely N-dealkylation sites (tertiary alicyclic amines) is 1. The van der Waals surface area contributed by atoms with Gasteiger partial charge in [0.05, 0.1) is 61.0 Å². The van der Waals surface area contributed by atoms with Crippen LogP contribution in [-0.2, 0) is 23.2 Å². The summed E-state index contributed by atoms with van der Waals surface area (Å²) in [5.41, 5.74) is 0.993. The summed E-state index contributed by atoms with van der Waals surface area (Å²) in [6, 6.07) is 12.9. The highest BCUT2D eigenvalue weighted by molar-refractivity contribution is 6.34.